The summed E-state index contributed by atoms with van der Waals surface area (Å²) in [4.78, 5) is 38.7. The van der Waals surface area contributed by atoms with E-state index < -0.39 is 17.9 Å². The van der Waals surface area contributed by atoms with Crippen LogP contribution in [-0.4, -0.2) is 47.8 Å². The summed E-state index contributed by atoms with van der Waals surface area (Å²) >= 11 is 0. The first-order valence-electron chi connectivity index (χ1n) is 9.98. The number of hydrogen-bond acceptors (Lipinski definition) is 4. The number of amides is 3. The minimum atomic E-state index is -0.824. The second-order valence-corrected chi connectivity index (χ2v) is 7.64. The van der Waals surface area contributed by atoms with Crippen LogP contribution in [0.1, 0.15) is 71.7 Å². The Bertz CT molecular complexity index is 723. The Morgan fingerprint density at radius 3 is 2.44 bits per heavy atom. The fourth-order valence-electron chi connectivity index (χ4n) is 3.94. The van der Waals surface area contributed by atoms with E-state index in [0.717, 1.165) is 10.5 Å². The van der Waals surface area contributed by atoms with Crippen molar-refractivity contribution in [2.24, 2.45) is 0 Å². The summed E-state index contributed by atoms with van der Waals surface area (Å²) in [7, 11) is 0. The number of fused-ring (bicyclic) bond motifs is 1. The number of nitrogens with zero attached hydrogens (tertiary/aromatic N) is 1. The molecule has 1 unspecified atom stereocenters. The third kappa shape index (κ3) is 4.38. The second kappa shape index (κ2) is 8.65. The fraction of sp³-hybridized carbons (Fsp3) is 0.571. The summed E-state index contributed by atoms with van der Waals surface area (Å²) < 4.78 is 0. The zero-order chi connectivity index (χ0) is 19.4. The van der Waals surface area contributed by atoms with Crippen LogP contribution in [0.4, 0.5) is 0 Å². The number of carbonyl (C=O) groups is 3. The van der Waals surface area contributed by atoms with Crippen LogP contribution in [0.15, 0.2) is 18.2 Å². The van der Waals surface area contributed by atoms with Gasteiger partial charge in [-0.05, 0) is 38.8 Å². The monoisotopic (exact) mass is 371 g/mol. The summed E-state index contributed by atoms with van der Waals surface area (Å²) in [6.07, 6.45) is 7.54. The molecule has 0 aromatic heterocycles. The highest BCUT2D eigenvalue weighted by molar-refractivity contribution is 6.22. The van der Waals surface area contributed by atoms with Gasteiger partial charge in [0.15, 0.2) is 0 Å². The van der Waals surface area contributed by atoms with Gasteiger partial charge in [0.05, 0.1) is 11.1 Å². The molecular weight excluding hydrogens is 342 g/mol. The molecule has 2 N–H and O–H groups in total. The molecule has 1 aromatic rings. The minimum Gasteiger partial charge on any atom is -0.353 e. The van der Waals surface area contributed by atoms with Gasteiger partial charge in [0, 0.05) is 19.1 Å². The van der Waals surface area contributed by atoms with Gasteiger partial charge < -0.3 is 10.6 Å². The predicted octanol–water partition coefficient (Wildman–Crippen LogP) is 2.41. The standard InChI is InChI=1S/C21H29N3O3/c1-14-9-10-17-18(13-14)21(27)24(20(17)26)15(2)19(25)23-12-11-22-16-7-5-3-4-6-8-16/h9-10,13,15-16,22H,3-8,11-12H2,1-2H3,(H,23,25). The molecule has 1 aromatic carbocycles. The summed E-state index contributed by atoms with van der Waals surface area (Å²) in [6.45, 7) is 4.66. The molecule has 27 heavy (non-hydrogen) atoms. The van der Waals surface area contributed by atoms with Crippen LogP contribution in [0, 0.1) is 6.92 Å². The van der Waals surface area contributed by atoms with Crippen molar-refractivity contribution in [2.75, 3.05) is 13.1 Å². The molecule has 1 fully saturated rings. The van der Waals surface area contributed by atoms with Crippen molar-refractivity contribution in [1.82, 2.24) is 15.5 Å². The minimum absolute atomic E-state index is 0.302. The van der Waals surface area contributed by atoms with Gasteiger partial charge in [0.1, 0.15) is 6.04 Å². The van der Waals surface area contributed by atoms with Gasteiger partial charge >= 0.3 is 0 Å². The highest BCUT2D eigenvalue weighted by atomic mass is 16.2. The fourth-order valence-corrected chi connectivity index (χ4v) is 3.94. The lowest BCUT2D eigenvalue weighted by atomic mass is 10.1. The molecule has 2 aliphatic rings. The Morgan fingerprint density at radius 2 is 1.74 bits per heavy atom. The van der Waals surface area contributed by atoms with Crippen LogP contribution < -0.4 is 10.6 Å². The summed E-state index contributed by atoms with van der Waals surface area (Å²) in [5, 5.41) is 6.35. The topological polar surface area (TPSA) is 78.5 Å². The van der Waals surface area contributed by atoms with Gasteiger partial charge in [-0.25, -0.2) is 0 Å². The Kier molecular flexibility index (Phi) is 6.26. The maximum atomic E-state index is 12.6. The molecular formula is C21H29N3O3. The van der Waals surface area contributed by atoms with E-state index in [2.05, 4.69) is 10.6 Å². The normalized spacial score (nSPS) is 19.0. The average Bonchev–Trinajstić information content (AvgIpc) is 2.83. The number of aryl methyl sites for hydroxylation is 1. The van der Waals surface area contributed by atoms with Gasteiger partial charge in [0.2, 0.25) is 5.91 Å². The average molecular weight is 371 g/mol. The Hall–Kier alpha value is -2.21. The quantitative estimate of drug-likeness (QED) is 0.457. The first kappa shape index (κ1) is 19.5. The molecule has 0 radical (unpaired) electrons. The van der Waals surface area contributed by atoms with E-state index in [0.29, 0.717) is 30.3 Å². The van der Waals surface area contributed by atoms with E-state index in [1.165, 1.54) is 38.5 Å². The van der Waals surface area contributed by atoms with Crippen LogP contribution in [-0.2, 0) is 4.79 Å². The van der Waals surface area contributed by atoms with E-state index >= 15 is 0 Å². The first-order valence-corrected chi connectivity index (χ1v) is 9.98. The molecule has 6 heteroatoms. The summed E-state index contributed by atoms with van der Waals surface area (Å²) in [5.74, 6) is -1.09. The Morgan fingerprint density at radius 1 is 1.07 bits per heavy atom. The number of nitrogens with one attached hydrogen (secondary N) is 2. The lowest BCUT2D eigenvalue weighted by molar-refractivity contribution is -0.124. The first-order chi connectivity index (χ1) is 13.0. The third-order valence-corrected chi connectivity index (χ3v) is 5.55. The van der Waals surface area contributed by atoms with Crippen molar-refractivity contribution in [1.29, 1.82) is 0 Å². The van der Waals surface area contributed by atoms with Gasteiger partial charge in [-0.2, -0.15) is 0 Å². The number of benzene rings is 1. The van der Waals surface area contributed by atoms with E-state index in [-0.39, 0.29) is 5.91 Å². The van der Waals surface area contributed by atoms with Crippen molar-refractivity contribution < 1.29 is 14.4 Å². The SMILES string of the molecule is Cc1ccc2c(c1)C(=O)N(C(C)C(=O)NCCNC1CCCCCC1)C2=O. The molecule has 146 valence electrons. The molecule has 1 heterocycles. The lowest BCUT2D eigenvalue weighted by Gasteiger charge is -2.22. The zero-order valence-corrected chi connectivity index (χ0v) is 16.2. The Balaban J connectivity index is 1.50. The third-order valence-electron chi connectivity index (χ3n) is 5.55. The van der Waals surface area contributed by atoms with Gasteiger partial charge in [0.25, 0.3) is 11.8 Å². The molecule has 1 saturated carbocycles. The van der Waals surface area contributed by atoms with Gasteiger partial charge in [-0.1, -0.05) is 37.3 Å². The van der Waals surface area contributed by atoms with Crippen molar-refractivity contribution in [3.05, 3.63) is 34.9 Å². The van der Waals surface area contributed by atoms with Crippen LogP contribution in [0.3, 0.4) is 0 Å². The molecule has 0 spiro atoms. The van der Waals surface area contributed by atoms with Gasteiger partial charge in [-0.3, -0.25) is 19.3 Å². The molecule has 0 saturated heterocycles. The largest absolute Gasteiger partial charge is 0.353 e. The number of carbonyl (C=O) groups excluding carboxylic acids is 3. The number of imide groups is 1. The molecule has 1 aliphatic heterocycles. The van der Waals surface area contributed by atoms with Crippen molar-refractivity contribution >= 4 is 17.7 Å². The number of rotatable bonds is 6. The van der Waals surface area contributed by atoms with Crippen LogP contribution in [0.2, 0.25) is 0 Å². The highest BCUT2D eigenvalue weighted by Gasteiger charge is 2.40. The van der Waals surface area contributed by atoms with Crippen molar-refractivity contribution in [3.8, 4) is 0 Å². The van der Waals surface area contributed by atoms with Crippen molar-refractivity contribution in [3.63, 3.8) is 0 Å². The van der Waals surface area contributed by atoms with Crippen molar-refractivity contribution in [2.45, 2.75) is 64.5 Å². The van der Waals surface area contributed by atoms with E-state index in [4.69, 9.17) is 0 Å². The number of hydrogen-bond donors (Lipinski definition) is 2. The summed E-state index contributed by atoms with van der Waals surface area (Å²) in [5.41, 5.74) is 1.67. The predicted molar refractivity (Wildman–Crippen MR) is 104 cm³/mol. The molecule has 1 atom stereocenters. The maximum Gasteiger partial charge on any atom is 0.262 e. The smallest absolute Gasteiger partial charge is 0.262 e. The molecule has 6 nitrogen and oxygen atoms in total. The molecule has 1 aliphatic carbocycles. The molecule has 3 rings (SSSR count). The zero-order valence-electron chi connectivity index (χ0n) is 16.2. The summed E-state index contributed by atoms with van der Waals surface area (Å²) in [6, 6.07) is 4.87. The van der Waals surface area contributed by atoms with Crippen LogP contribution in [0.25, 0.3) is 0 Å². The van der Waals surface area contributed by atoms with Crippen LogP contribution in [0.5, 0.6) is 0 Å². The van der Waals surface area contributed by atoms with Crippen LogP contribution >= 0.6 is 0 Å². The van der Waals surface area contributed by atoms with E-state index in [1.807, 2.05) is 6.92 Å². The second-order valence-electron chi connectivity index (χ2n) is 7.64. The maximum absolute atomic E-state index is 12.6. The van der Waals surface area contributed by atoms with Gasteiger partial charge in [-0.15, -0.1) is 0 Å². The van der Waals surface area contributed by atoms with E-state index in [9.17, 15) is 14.4 Å². The van der Waals surface area contributed by atoms with E-state index in [1.54, 1.807) is 25.1 Å². The Labute approximate surface area is 160 Å². The molecule has 0 bridgehead atoms. The molecule has 3 amide bonds. The lowest BCUT2D eigenvalue weighted by Crippen LogP contribution is -2.49. The highest BCUT2D eigenvalue weighted by Crippen LogP contribution is 2.25.